The molecule has 0 radical (unpaired) electrons. The third-order valence-electron chi connectivity index (χ3n) is 3.93. The van der Waals surface area contributed by atoms with Crippen molar-refractivity contribution in [3.8, 4) is 22.7 Å². The SMILES string of the molecule is COC(=O)c1c(-c2ccccc2)nnn1Cc1nnc(-c2ccccc2)o1. The van der Waals surface area contributed by atoms with Crippen LogP contribution in [-0.4, -0.2) is 38.3 Å². The highest BCUT2D eigenvalue weighted by Gasteiger charge is 2.23. The van der Waals surface area contributed by atoms with E-state index in [4.69, 9.17) is 9.15 Å². The Labute approximate surface area is 154 Å². The lowest BCUT2D eigenvalue weighted by atomic mass is 10.1. The summed E-state index contributed by atoms with van der Waals surface area (Å²) < 4.78 is 12.0. The molecular formula is C19H15N5O3. The quantitative estimate of drug-likeness (QED) is 0.504. The highest BCUT2D eigenvalue weighted by molar-refractivity contribution is 5.94. The number of methoxy groups -OCH3 is 1. The molecule has 0 spiro atoms. The monoisotopic (exact) mass is 361 g/mol. The van der Waals surface area contributed by atoms with Gasteiger partial charge in [-0.2, -0.15) is 0 Å². The molecule has 0 aliphatic rings. The molecule has 4 aromatic rings. The van der Waals surface area contributed by atoms with Crippen LogP contribution < -0.4 is 0 Å². The smallest absolute Gasteiger partial charge is 0.358 e. The highest BCUT2D eigenvalue weighted by atomic mass is 16.5. The minimum atomic E-state index is -0.540. The van der Waals surface area contributed by atoms with E-state index in [2.05, 4.69) is 20.5 Å². The summed E-state index contributed by atoms with van der Waals surface area (Å²) in [5, 5.41) is 16.3. The van der Waals surface area contributed by atoms with Crippen LogP contribution in [0.3, 0.4) is 0 Å². The molecule has 4 rings (SSSR count). The molecule has 0 fully saturated rings. The Morgan fingerprint density at radius 1 is 0.963 bits per heavy atom. The maximum absolute atomic E-state index is 12.3. The first-order valence-corrected chi connectivity index (χ1v) is 8.21. The fourth-order valence-electron chi connectivity index (χ4n) is 2.66. The fraction of sp³-hybridized carbons (Fsp3) is 0.105. The van der Waals surface area contributed by atoms with Crippen LogP contribution in [0.1, 0.15) is 16.4 Å². The molecule has 0 aliphatic carbocycles. The van der Waals surface area contributed by atoms with Gasteiger partial charge in [-0.05, 0) is 12.1 Å². The Bertz CT molecular complexity index is 1060. The molecule has 27 heavy (non-hydrogen) atoms. The number of rotatable bonds is 5. The van der Waals surface area contributed by atoms with Crippen molar-refractivity contribution in [3.63, 3.8) is 0 Å². The van der Waals surface area contributed by atoms with E-state index in [0.717, 1.165) is 11.1 Å². The number of aromatic nitrogens is 5. The minimum Gasteiger partial charge on any atom is -0.464 e. The van der Waals surface area contributed by atoms with Crippen molar-refractivity contribution in [1.29, 1.82) is 0 Å². The van der Waals surface area contributed by atoms with Gasteiger partial charge in [-0.25, -0.2) is 9.48 Å². The van der Waals surface area contributed by atoms with Gasteiger partial charge >= 0.3 is 5.97 Å². The summed E-state index contributed by atoms with van der Waals surface area (Å²) in [6.07, 6.45) is 0. The van der Waals surface area contributed by atoms with Crippen LogP contribution in [0.2, 0.25) is 0 Å². The van der Waals surface area contributed by atoms with Crippen molar-refractivity contribution in [3.05, 3.63) is 72.2 Å². The van der Waals surface area contributed by atoms with Gasteiger partial charge in [0, 0.05) is 11.1 Å². The van der Waals surface area contributed by atoms with Crippen molar-refractivity contribution < 1.29 is 13.9 Å². The first kappa shape index (κ1) is 16.6. The molecule has 2 heterocycles. The number of benzene rings is 2. The molecule has 0 amide bonds. The zero-order chi connectivity index (χ0) is 18.6. The topological polar surface area (TPSA) is 95.9 Å². The summed E-state index contributed by atoms with van der Waals surface area (Å²) in [5.41, 5.74) is 2.24. The Kier molecular flexibility index (Phi) is 4.44. The normalized spacial score (nSPS) is 10.7. The molecule has 0 unspecified atom stereocenters. The van der Waals surface area contributed by atoms with E-state index in [1.54, 1.807) is 0 Å². The molecular weight excluding hydrogens is 346 g/mol. The van der Waals surface area contributed by atoms with Crippen molar-refractivity contribution in [2.45, 2.75) is 6.54 Å². The first-order chi connectivity index (χ1) is 13.3. The molecule has 0 atom stereocenters. The second kappa shape index (κ2) is 7.20. The van der Waals surface area contributed by atoms with Gasteiger partial charge in [0.25, 0.3) is 0 Å². The van der Waals surface area contributed by atoms with Gasteiger partial charge in [-0.15, -0.1) is 15.3 Å². The van der Waals surface area contributed by atoms with Crippen LogP contribution >= 0.6 is 0 Å². The van der Waals surface area contributed by atoms with E-state index in [1.807, 2.05) is 60.7 Å². The van der Waals surface area contributed by atoms with Crippen LogP contribution in [0.4, 0.5) is 0 Å². The average Bonchev–Trinajstić information content (AvgIpc) is 3.36. The average molecular weight is 361 g/mol. The number of esters is 1. The number of carbonyl (C=O) groups is 1. The number of nitrogens with zero attached hydrogens (tertiary/aromatic N) is 5. The third kappa shape index (κ3) is 3.32. The van der Waals surface area contributed by atoms with Gasteiger partial charge in [-0.3, -0.25) is 0 Å². The Morgan fingerprint density at radius 2 is 1.63 bits per heavy atom. The summed E-state index contributed by atoms with van der Waals surface area (Å²) in [5.74, 6) is 0.166. The van der Waals surface area contributed by atoms with Crippen LogP contribution in [0.15, 0.2) is 65.1 Å². The zero-order valence-corrected chi connectivity index (χ0v) is 14.4. The minimum absolute atomic E-state index is 0.101. The van der Waals surface area contributed by atoms with Crippen LogP contribution in [0.5, 0.6) is 0 Å². The molecule has 8 nitrogen and oxygen atoms in total. The van der Waals surface area contributed by atoms with Crippen molar-refractivity contribution >= 4 is 5.97 Å². The maximum Gasteiger partial charge on any atom is 0.358 e. The molecule has 134 valence electrons. The van der Waals surface area contributed by atoms with Gasteiger partial charge in [-0.1, -0.05) is 53.7 Å². The van der Waals surface area contributed by atoms with Crippen molar-refractivity contribution in [2.75, 3.05) is 7.11 Å². The summed E-state index contributed by atoms with van der Waals surface area (Å²) in [4.78, 5) is 12.3. The lowest BCUT2D eigenvalue weighted by molar-refractivity contribution is 0.0588. The molecule has 8 heteroatoms. The van der Waals surface area contributed by atoms with Gasteiger partial charge in [0.2, 0.25) is 11.8 Å². The molecule has 0 bridgehead atoms. The van der Waals surface area contributed by atoms with E-state index < -0.39 is 5.97 Å². The van der Waals surface area contributed by atoms with E-state index in [-0.39, 0.29) is 12.2 Å². The lowest BCUT2D eigenvalue weighted by Crippen LogP contribution is -2.14. The molecule has 0 saturated heterocycles. The Balaban J connectivity index is 1.68. The van der Waals surface area contributed by atoms with E-state index in [0.29, 0.717) is 17.5 Å². The van der Waals surface area contributed by atoms with E-state index in [1.165, 1.54) is 11.8 Å². The lowest BCUT2D eigenvalue weighted by Gasteiger charge is -2.04. The summed E-state index contributed by atoms with van der Waals surface area (Å²) in [6.45, 7) is 0.101. The molecule has 2 aromatic carbocycles. The first-order valence-electron chi connectivity index (χ1n) is 8.21. The highest BCUT2D eigenvalue weighted by Crippen LogP contribution is 2.23. The zero-order valence-electron chi connectivity index (χ0n) is 14.4. The second-order valence-corrected chi connectivity index (χ2v) is 5.67. The van der Waals surface area contributed by atoms with Crippen LogP contribution in [-0.2, 0) is 11.3 Å². The summed E-state index contributed by atoms with van der Waals surface area (Å²) >= 11 is 0. The second-order valence-electron chi connectivity index (χ2n) is 5.67. The maximum atomic E-state index is 12.3. The van der Waals surface area contributed by atoms with E-state index >= 15 is 0 Å². The Morgan fingerprint density at radius 3 is 2.30 bits per heavy atom. The van der Waals surface area contributed by atoms with Gasteiger partial charge in [0.15, 0.2) is 5.69 Å². The number of hydrogen-bond donors (Lipinski definition) is 0. The molecule has 0 saturated carbocycles. The van der Waals surface area contributed by atoms with E-state index in [9.17, 15) is 4.79 Å². The fourth-order valence-corrected chi connectivity index (χ4v) is 2.66. The summed E-state index contributed by atoms with van der Waals surface area (Å²) in [6, 6.07) is 18.7. The van der Waals surface area contributed by atoms with Gasteiger partial charge < -0.3 is 9.15 Å². The Hall–Kier alpha value is -3.81. The third-order valence-corrected chi connectivity index (χ3v) is 3.93. The van der Waals surface area contributed by atoms with Crippen LogP contribution in [0, 0.1) is 0 Å². The predicted molar refractivity (Wildman–Crippen MR) is 95.6 cm³/mol. The van der Waals surface area contributed by atoms with Crippen molar-refractivity contribution in [1.82, 2.24) is 25.2 Å². The van der Waals surface area contributed by atoms with Crippen molar-refractivity contribution in [2.24, 2.45) is 0 Å². The van der Waals surface area contributed by atoms with Gasteiger partial charge in [0.05, 0.1) is 7.11 Å². The number of carbonyl (C=O) groups excluding carboxylic acids is 1. The standard InChI is InChI=1S/C19H15N5O3/c1-26-19(25)17-16(13-8-4-2-5-9-13)21-23-24(17)12-15-20-22-18(27-15)14-10-6-3-7-11-14/h2-11H,12H2,1H3. The van der Waals surface area contributed by atoms with Crippen LogP contribution in [0.25, 0.3) is 22.7 Å². The van der Waals surface area contributed by atoms with Gasteiger partial charge in [0.1, 0.15) is 12.2 Å². The number of ether oxygens (including phenoxy) is 1. The molecule has 2 aromatic heterocycles. The molecule has 0 aliphatic heterocycles. The largest absolute Gasteiger partial charge is 0.464 e. The number of hydrogen-bond acceptors (Lipinski definition) is 7. The summed E-state index contributed by atoms with van der Waals surface area (Å²) in [7, 11) is 1.31. The predicted octanol–water partition coefficient (Wildman–Crippen LogP) is 2.83. The molecule has 0 N–H and O–H groups in total.